The van der Waals surface area contributed by atoms with Gasteiger partial charge in [-0.05, 0) is 44.8 Å². The van der Waals surface area contributed by atoms with Crippen molar-refractivity contribution in [1.29, 1.82) is 0 Å². The van der Waals surface area contributed by atoms with E-state index in [0.29, 0.717) is 0 Å². The predicted molar refractivity (Wildman–Crippen MR) is 73.3 cm³/mol. The molecule has 18 heavy (non-hydrogen) atoms. The molecular weight excluding hydrogens is 224 g/mol. The van der Waals surface area contributed by atoms with E-state index in [1.165, 1.54) is 25.9 Å². The van der Waals surface area contributed by atoms with Gasteiger partial charge in [-0.15, -0.1) is 0 Å². The van der Waals surface area contributed by atoms with E-state index in [0.717, 1.165) is 37.1 Å². The number of hydrogen-bond donors (Lipinski definition) is 1. The van der Waals surface area contributed by atoms with Gasteiger partial charge >= 0.3 is 0 Å². The molecule has 1 saturated heterocycles. The van der Waals surface area contributed by atoms with Crippen molar-refractivity contribution in [2.24, 2.45) is 5.92 Å². The molecule has 1 aliphatic rings. The summed E-state index contributed by atoms with van der Waals surface area (Å²) in [7, 11) is 0. The second-order valence-electron chi connectivity index (χ2n) is 5.30. The van der Waals surface area contributed by atoms with Gasteiger partial charge in [0.1, 0.15) is 5.82 Å². The fraction of sp³-hybridized carbons (Fsp3) is 0.714. The molecule has 0 atom stereocenters. The van der Waals surface area contributed by atoms with Crippen molar-refractivity contribution < 1.29 is 0 Å². The zero-order chi connectivity index (χ0) is 12.8. The Kier molecular flexibility index (Phi) is 5.08. The van der Waals surface area contributed by atoms with Gasteiger partial charge in [0, 0.05) is 25.8 Å². The van der Waals surface area contributed by atoms with Gasteiger partial charge in [0.15, 0.2) is 0 Å². The Hall–Kier alpha value is -1.00. The number of aryl methyl sites for hydroxylation is 1. The Labute approximate surface area is 110 Å². The molecule has 1 aromatic heterocycles. The molecule has 4 nitrogen and oxygen atoms in total. The van der Waals surface area contributed by atoms with E-state index in [1.54, 1.807) is 0 Å². The Morgan fingerprint density at radius 2 is 2.17 bits per heavy atom. The minimum Gasteiger partial charge on any atom is -0.310 e. The molecule has 0 bridgehead atoms. The molecule has 2 rings (SSSR count). The smallest absolute Gasteiger partial charge is 0.125 e. The minimum absolute atomic E-state index is 0.841. The fourth-order valence-corrected chi connectivity index (χ4v) is 2.34. The second-order valence-corrected chi connectivity index (χ2v) is 5.30. The molecular formula is C14H24N4. The monoisotopic (exact) mass is 248 g/mol. The van der Waals surface area contributed by atoms with E-state index < -0.39 is 0 Å². The minimum atomic E-state index is 0.841. The van der Waals surface area contributed by atoms with Crippen LogP contribution in [0, 0.1) is 12.8 Å². The van der Waals surface area contributed by atoms with Crippen molar-refractivity contribution in [2.45, 2.75) is 33.2 Å². The van der Waals surface area contributed by atoms with E-state index in [4.69, 9.17) is 0 Å². The van der Waals surface area contributed by atoms with Gasteiger partial charge in [-0.2, -0.15) is 0 Å². The summed E-state index contributed by atoms with van der Waals surface area (Å²) in [6.07, 6.45) is 4.53. The predicted octanol–water partition coefficient (Wildman–Crippen LogP) is 1.61. The summed E-state index contributed by atoms with van der Waals surface area (Å²) < 4.78 is 0. The van der Waals surface area contributed by atoms with Crippen molar-refractivity contribution in [1.82, 2.24) is 20.2 Å². The molecule has 100 valence electrons. The van der Waals surface area contributed by atoms with E-state index in [1.807, 2.05) is 19.2 Å². The first-order valence-corrected chi connectivity index (χ1v) is 6.95. The first-order valence-electron chi connectivity index (χ1n) is 6.95. The molecule has 0 saturated carbocycles. The van der Waals surface area contributed by atoms with Gasteiger partial charge in [0.05, 0.1) is 5.69 Å². The molecule has 0 amide bonds. The van der Waals surface area contributed by atoms with Gasteiger partial charge in [-0.3, -0.25) is 0 Å². The van der Waals surface area contributed by atoms with Crippen molar-refractivity contribution in [3.8, 4) is 0 Å². The van der Waals surface area contributed by atoms with Crippen LogP contribution in [0.3, 0.4) is 0 Å². The average Bonchev–Trinajstić information content (AvgIpc) is 2.37. The lowest BCUT2D eigenvalue weighted by atomic mass is 9.99. The molecule has 0 radical (unpaired) electrons. The van der Waals surface area contributed by atoms with E-state index in [2.05, 4.69) is 27.1 Å². The van der Waals surface area contributed by atoms with Crippen molar-refractivity contribution in [3.63, 3.8) is 0 Å². The third-order valence-corrected chi connectivity index (χ3v) is 3.62. The third-order valence-electron chi connectivity index (χ3n) is 3.62. The molecule has 2 heterocycles. The van der Waals surface area contributed by atoms with Gasteiger partial charge in [-0.25, -0.2) is 9.97 Å². The lowest BCUT2D eigenvalue weighted by Crippen LogP contribution is -2.37. The van der Waals surface area contributed by atoms with Gasteiger partial charge in [-0.1, -0.05) is 6.92 Å². The summed E-state index contributed by atoms with van der Waals surface area (Å²) in [4.78, 5) is 11.0. The number of rotatable bonds is 5. The number of hydrogen-bond acceptors (Lipinski definition) is 4. The fourth-order valence-electron chi connectivity index (χ4n) is 2.34. The Morgan fingerprint density at radius 3 is 2.89 bits per heavy atom. The van der Waals surface area contributed by atoms with Crippen LogP contribution < -0.4 is 5.32 Å². The van der Waals surface area contributed by atoms with Crippen LogP contribution >= 0.6 is 0 Å². The van der Waals surface area contributed by atoms with Crippen LogP contribution in [-0.2, 0) is 6.54 Å². The molecule has 1 fully saturated rings. The zero-order valence-corrected chi connectivity index (χ0v) is 11.5. The molecule has 0 aromatic carbocycles. The Bertz CT molecular complexity index is 359. The zero-order valence-electron chi connectivity index (χ0n) is 11.5. The summed E-state index contributed by atoms with van der Waals surface area (Å²) in [6.45, 7) is 9.83. The summed E-state index contributed by atoms with van der Waals surface area (Å²) in [5.41, 5.74) is 1.08. The highest BCUT2D eigenvalue weighted by molar-refractivity contribution is 5.00. The number of aromatic nitrogens is 2. The number of nitrogens with zero attached hydrogens (tertiary/aromatic N) is 3. The molecule has 1 aliphatic heterocycles. The second kappa shape index (κ2) is 6.81. The number of likely N-dealkylation sites (tertiary alicyclic amines) is 1. The van der Waals surface area contributed by atoms with Crippen molar-refractivity contribution >= 4 is 0 Å². The number of piperidine rings is 1. The molecule has 0 aliphatic carbocycles. The van der Waals surface area contributed by atoms with Crippen LogP contribution in [0.25, 0.3) is 0 Å². The maximum absolute atomic E-state index is 4.38. The van der Waals surface area contributed by atoms with E-state index in [-0.39, 0.29) is 0 Å². The first-order chi connectivity index (χ1) is 8.74. The lowest BCUT2D eigenvalue weighted by Gasteiger charge is -2.30. The normalized spacial score (nSPS) is 18.1. The average molecular weight is 248 g/mol. The highest BCUT2D eigenvalue weighted by atomic mass is 15.1. The van der Waals surface area contributed by atoms with Crippen LogP contribution in [0.5, 0.6) is 0 Å². The van der Waals surface area contributed by atoms with Crippen LogP contribution in [0.2, 0.25) is 0 Å². The largest absolute Gasteiger partial charge is 0.310 e. The van der Waals surface area contributed by atoms with Gasteiger partial charge < -0.3 is 10.2 Å². The van der Waals surface area contributed by atoms with Crippen molar-refractivity contribution in [2.75, 3.05) is 26.2 Å². The van der Waals surface area contributed by atoms with Crippen LogP contribution in [0.1, 0.15) is 31.3 Å². The maximum Gasteiger partial charge on any atom is 0.125 e. The van der Waals surface area contributed by atoms with Crippen LogP contribution in [0.15, 0.2) is 12.3 Å². The molecule has 4 heteroatoms. The maximum atomic E-state index is 4.38. The Balaban J connectivity index is 1.61. The highest BCUT2D eigenvalue weighted by Gasteiger charge is 2.14. The topological polar surface area (TPSA) is 41.1 Å². The SMILES string of the molecule is Cc1nccc(CNCCN2CCC(C)CC2)n1. The van der Waals surface area contributed by atoms with E-state index in [9.17, 15) is 0 Å². The Morgan fingerprint density at radius 1 is 1.39 bits per heavy atom. The van der Waals surface area contributed by atoms with Gasteiger partial charge in [0.2, 0.25) is 0 Å². The first kappa shape index (κ1) is 13.4. The summed E-state index contributed by atoms with van der Waals surface area (Å²) in [6, 6.07) is 1.97. The van der Waals surface area contributed by atoms with Gasteiger partial charge in [0.25, 0.3) is 0 Å². The molecule has 0 spiro atoms. The standard InChI is InChI=1S/C14H24N4/c1-12-4-8-18(9-5-12)10-7-15-11-14-3-6-16-13(2)17-14/h3,6,12,15H,4-5,7-11H2,1-2H3. The number of nitrogens with one attached hydrogen (secondary N) is 1. The third kappa shape index (κ3) is 4.35. The molecule has 1 N–H and O–H groups in total. The summed E-state index contributed by atoms with van der Waals surface area (Å²) in [5, 5.41) is 3.46. The van der Waals surface area contributed by atoms with E-state index >= 15 is 0 Å². The quantitative estimate of drug-likeness (QED) is 0.804. The van der Waals surface area contributed by atoms with Crippen LogP contribution in [0.4, 0.5) is 0 Å². The molecule has 1 aromatic rings. The highest BCUT2D eigenvalue weighted by Crippen LogP contribution is 2.15. The lowest BCUT2D eigenvalue weighted by molar-refractivity contribution is 0.193. The summed E-state index contributed by atoms with van der Waals surface area (Å²) in [5.74, 6) is 1.76. The summed E-state index contributed by atoms with van der Waals surface area (Å²) >= 11 is 0. The molecule has 0 unspecified atom stereocenters. The van der Waals surface area contributed by atoms with Crippen molar-refractivity contribution in [3.05, 3.63) is 23.8 Å². The van der Waals surface area contributed by atoms with Crippen LogP contribution in [-0.4, -0.2) is 41.0 Å².